The number of fused-ring (bicyclic) bond motifs is 12. The molecule has 12 aromatic carbocycles. The van der Waals surface area contributed by atoms with Crippen LogP contribution in [0.1, 0.15) is 0 Å². The Morgan fingerprint density at radius 2 is 0.598 bits per heavy atom. The first-order chi connectivity index (χ1) is 40.6. The fourth-order valence-electron chi connectivity index (χ4n) is 12.5. The van der Waals surface area contributed by atoms with E-state index in [9.17, 15) is 0 Å². The van der Waals surface area contributed by atoms with Gasteiger partial charge in [0.05, 0.1) is 22.1 Å². The molecule has 0 saturated carbocycles. The van der Waals surface area contributed by atoms with Gasteiger partial charge in [0, 0.05) is 59.9 Å². The van der Waals surface area contributed by atoms with Crippen LogP contribution in [0.4, 0.5) is 0 Å². The second kappa shape index (κ2) is 18.2. The van der Waals surface area contributed by atoms with Crippen molar-refractivity contribution < 1.29 is 8.83 Å². The summed E-state index contributed by atoms with van der Waals surface area (Å²) in [4.78, 5) is 16.3. The number of nitrogens with zero attached hydrogens (tertiary/aromatic N) is 5. The van der Waals surface area contributed by atoms with Crippen molar-refractivity contribution in [1.29, 1.82) is 0 Å². The molecule has 0 atom stereocenters. The van der Waals surface area contributed by atoms with E-state index in [1.54, 1.807) is 0 Å². The van der Waals surface area contributed by atoms with Crippen molar-refractivity contribution >= 4 is 87.5 Å². The molecule has 5 aromatic heterocycles. The maximum Gasteiger partial charge on any atom is 0.238 e. The summed E-state index contributed by atoms with van der Waals surface area (Å²) in [5, 5.41) is 8.97. The summed E-state index contributed by atoms with van der Waals surface area (Å²) in [6.07, 6.45) is 0. The van der Waals surface area contributed by atoms with Crippen molar-refractivity contribution in [1.82, 2.24) is 24.1 Å². The fourth-order valence-corrected chi connectivity index (χ4v) is 12.5. The molecule has 17 aromatic rings. The number of furan rings is 2. The summed E-state index contributed by atoms with van der Waals surface area (Å²) in [7, 11) is 0. The Bertz CT molecular complexity index is 5430. The molecule has 0 unspecified atom stereocenters. The second-order valence-corrected chi connectivity index (χ2v) is 21.1. The highest BCUT2D eigenvalue weighted by Gasteiger charge is 2.21. The molecule has 7 heteroatoms. The normalized spacial score (nSPS) is 11.9. The molecule has 0 N–H and O–H groups in total. The van der Waals surface area contributed by atoms with Crippen LogP contribution < -0.4 is 0 Å². The average Bonchev–Trinajstić information content (AvgIpc) is 4.48. The highest BCUT2D eigenvalue weighted by atomic mass is 16.3. The van der Waals surface area contributed by atoms with E-state index < -0.39 is 0 Å². The van der Waals surface area contributed by atoms with Gasteiger partial charge in [-0.2, -0.15) is 9.97 Å². The number of aromatic nitrogens is 5. The molecule has 0 bridgehead atoms. The van der Waals surface area contributed by atoms with Crippen LogP contribution in [0.5, 0.6) is 0 Å². The molecule has 7 nitrogen and oxygen atoms in total. The molecule has 0 aliphatic heterocycles. The lowest BCUT2D eigenvalue weighted by atomic mass is 9.98. The Kier molecular flexibility index (Phi) is 10.2. The molecule has 0 aliphatic rings. The predicted molar refractivity (Wildman–Crippen MR) is 336 cm³/mol. The monoisotopic (exact) mass is 1050 g/mol. The van der Waals surface area contributed by atoms with E-state index in [1.807, 2.05) is 24.3 Å². The van der Waals surface area contributed by atoms with E-state index in [4.69, 9.17) is 23.8 Å². The van der Waals surface area contributed by atoms with Crippen molar-refractivity contribution in [2.75, 3.05) is 0 Å². The van der Waals surface area contributed by atoms with E-state index in [1.165, 1.54) is 16.3 Å². The molecule has 17 rings (SSSR count). The zero-order chi connectivity index (χ0) is 53.8. The van der Waals surface area contributed by atoms with E-state index in [2.05, 4.69) is 258 Å². The average molecular weight is 1050 g/mol. The summed E-state index contributed by atoms with van der Waals surface area (Å²) in [6.45, 7) is 0. The molecule has 0 amide bonds. The lowest BCUT2D eigenvalue weighted by molar-refractivity contribution is 0.668. The van der Waals surface area contributed by atoms with Crippen LogP contribution >= 0.6 is 0 Å². The van der Waals surface area contributed by atoms with E-state index in [0.717, 1.165) is 132 Å². The van der Waals surface area contributed by atoms with Crippen LogP contribution in [-0.4, -0.2) is 24.1 Å². The van der Waals surface area contributed by atoms with Crippen LogP contribution in [0.15, 0.2) is 282 Å². The molecule has 0 aliphatic carbocycles. The quantitative estimate of drug-likeness (QED) is 0.152. The minimum absolute atomic E-state index is 0.526. The van der Waals surface area contributed by atoms with Gasteiger partial charge < -0.3 is 13.4 Å². The first-order valence-electron chi connectivity index (χ1n) is 27.6. The van der Waals surface area contributed by atoms with Gasteiger partial charge in [0.1, 0.15) is 22.3 Å². The van der Waals surface area contributed by atoms with Crippen molar-refractivity contribution in [3.8, 4) is 78.9 Å². The first-order valence-corrected chi connectivity index (χ1v) is 27.6. The number of rotatable bonds is 8. The molecule has 382 valence electrons. The smallest absolute Gasteiger partial charge is 0.238 e. The van der Waals surface area contributed by atoms with Crippen molar-refractivity contribution in [3.05, 3.63) is 273 Å². The summed E-state index contributed by atoms with van der Waals surface area (Å²) >= 11 is 0. The highest BCUT2D eigenvalue weighted by Crippen LogP contribution is 2.41. The molecule has 0 saturated heterocycles. The Morgan fingerprint density at radius 3 is 1.18 bits per heavy atom. The van der Waals surface area contributed by atoms with Gasteiger partial charge >= 0.3 is 0 Å². The maximum absolute atomic E-state index is 6.23. The van der Waals surface area contributed by atoms with Gasteiger partial charge in [-0.15, -0.1) is 0 Å². The Morgan fingerprint density at radius 1 is 0.220 bits per heavy atom. The standard InChI is InChI=1S/C75H45N5O2/c1-2-15-46(16-3-1)47-17-12-18-48(39-47)49-19-13-20-54(40-49)73-76-74(78-75(77-73)80-66-28-9-5-24-58(66)62-43-51(32-36-68(62)80)53-34-38-72-64(45-53)60-26-7-11-30-70(60)82-72)55-21-14-22-56(41-55)79-65-27-8-4-23-57(65)61-42-50(31-35-67(61)79)52-33-37-71-63(44-52)59-25-6-10-29-69(59)81-71/h1-45H. The fraction of sp³-hybridized carbons (Fsp3) is 0. The Balaban J connectivity index is 0.826. The summed E-state index contributed by atoms with van der Waals surface area (Å²) in [5.74, 6) is 1.66. The number of hydrogen-bond acceptors (Lipinski definition) is 5. The first kappa shape index (κ1) is 45.8. The third-order valence-corrected chi connectivity index (χ3v) is 16.4. The molecule has 82 heavy (non-hydrogen) atoms. The molecule has 0 fully saturated rings. The lowest BCUT2D eigenvalue weighted by Crippen LogP contribution is -2.06. The van der Waals surface area contributed by atoms with E-state index >= 15 is 0 Å². The van der Waals surface area contributed by atoms with Crippen molar-refractivity contribution in [3.63, 3.8) is 0 Å². The summed E-state index contributed by atoms with van der Waals surface area (Å²) in [6, 6.07) is 96.6. The van der Waals surface area contributed by atoms with E-state index in [0.29, 0.717) is 17.6 Å². The van der Waals surface area contributed by atoms with Gasteiger partial charge in [-0.3, -0.25) is 4.57 Å². The highest BCUT2D eigenvalue weighted by molar-refractivity contribution is 6.13. The zero-order valence-electron chi connectivity index (χ0n) is 44.0. The molecule has 0 radical (unpaired) electrons. The van der Waals surface area contributed by atoms with Crippen LogP contribution in [0.2, 0.25) is 0 Å². The minimum atomic E-state index is 0.526. The SMILES string of the molecule is c1ccc(-c2cccc(-c3cccc(-c4nc(-c5cccc(-n6c7ccccc7c7cc(-c8ccc9oc%10ccccc%10c9c8)ccc76)c5)nc(-n5c6ccccc6c6cc(-c7ccc8oc9ccccc9c8c7)ccc65)n4)c3)c2)cc1. The largest absolute Gasteiger partial charge is 0.456 e. The van der Waals surface area contributed by atoms with Gasteiger partial charge in [0.25, 0.3) is 0 Å². The Labute approximate surface area is 469 Å². The summed E-state index contributed by atoms with van der Waals surface area (Å²) in [5.41, 5.74) is 19.5. The van der Waals surface area contributed by atoms with Crippen molar-refractivity contribution in [2.45, 2.75) is 0 Å². The van der Waals surface area contributed by atoms with Crippen LogP contribution in [0, 0.1) is 0 Å². The van der Waals surface area contributed by atoms with Crippen molar-refractivity contribution in [2.24, 2.45) is 0 Å². The predicted octanol–water partition coefficient (Wildman–Crippen LogP) is 19.9. The lowest BCUT2D eigenvalue weighted by Gasteiger charge is -2.13. The van der Waals surface area contributed by atoms with Crippen LogP contribution in [-0.2, 0) is 0 Å². The molecular weight excluding hydrogens is 1000 g/mol. The molecule has 0 spiro atoms. The van der Waals surface area contributed by atoms with E-state index in [-0.39, 0.29) is 0 Å². The van der Waals surface area contributed by atoms with Crippen LogP contribution in [0.3, 0.4) is 0 Å². The Hall–Kier alpha value is -11.2. The minimum Gasteiger partial charge on any atom is -0.456 e. The topological polar surface area (TPSA) is 74.8 Å². The van der Waals surface area contributed by atoms with Crippen LogP contribution in [0.25, 0.3) is 166 Å². The number of benzene rings is 12. The van der Waals surface area contributed by atoms with Gasteiger partial charge in [0.2, 0.25) is 5.95 Å². The second-order valence-electron chi connectivity index (χ2n) is 21.1. The van der Waals surface area contributed by atoms with Gasteiger partial charge in [-0.1, -0.05) is 176 Å². The summed E-state index contributed by atoms with van der Waals surface area (Å²) < 4.78 is 17.0. The maximum atomic E-state index is 6.23. The molecular formula is C75H45N5O2. The molecule has 5 heterocycles. The third kappa shape index (κ3) is 7.41. The van der Waals surface area contributed by atoms with Gasteiger partial charge in [-0.05, 0) is 142 Å². The zero-order valence-corrected chi connectivity index (χ0v) is 44.0. The van der Waals surface area contributed by atoms with Gasteiger partial charge in [0.15, 0.2) is 11.6 Å². The third-order valence-electron chi connectivity index (χ3n) is 16.4. The number of para-hydroxylation sites is 4. The number of hydrogen-bond donors (Lipinski definition) is 0. The van der Waals surface area contributed by atoms with Gasteiger partial charge in [-0.25, -0.2) is 4.98 Å².